The fourth-order valence-electron chi connectivity index (χ4n) is 3.23. The van der Waals surface area contributed by atoms with Gasteiger partial charge in [-0.05, 0) is 56.2 Å². The van der Waals surface area contributed by atoms with Crippen LogP contribution in [0.4, 0.5) is 17.2 Å². The molecule has 0 N–H and O–H groups in total. The monoisotopic (exact) mass is 303 g/mol. The predicted molar refractivity (Wildman–Crippen MR) is 91.0 cm³/mol. The molecule has 0 saturated heterocycles. The van der Waals surface area contributed by atoms with Gasteiger partial charge in [0.05, 0.1) is 5.69 Å². The number of nitrogens with zero attached hydrogens (tertiary/aromatic N) is 3. The summed E-state index contributed by atoms with van der Waals surface area (Å²) in [5.74, 6) is 2.12. The molecule has 4 nitrogen and oxygen atoms in total. The molecule has 1 aromatic carbocycles. The van der Waals surface area contributed by atoms with Crippen molar-refractivity contribution in [2.75, 3.05) is 4.90 Å². The molecule has 1 aliphatic heterocycles. The first kappa shape index (κ1) is 13.8. The fraction of sp³-hybridized carbons (Fsp3) is 0.158. The van der Waals surface area contributed by atoms with Crippen molar-refractivity contribution in [3.8, 4) is 11.6 Å². The normalized spacial score (nSPS) is 12.4. The summed E-state index contributed by atoms with van der Waals surface area (Å²) in [7, 11) is 0. The standard InChI is InChI=1S/C19H17N3O/c1-12-10-13(2)17(14(3)11-12)22-15-6-4-9-21-19(15)23-16-7-5-8-20-18(16)22/h4-11H,1-3H3. The Morgan fingerprint density at radius 3 is 2.39 bits per heavy atom. The highest BCUT2D eigenvalue weighted by atomic mass is 16.5. The smallest absolute Gasteiger partial charge is 0.243 e. The van der Waals surface area contributed by atoms with E-state index in [9.17, 15) is 0 Å². The molecule has 0 unspecified atom stereocenters. The van der Waals surface area contributed by atoms with Crippen molar-refractivity contribution in [1.29, 1.82) is 0 Å². The largest absolute Gasteiger partial charge is 0.433 e. The lowest BCUT2D eigenvalue weighted by Crippen LogP contribution is -2.19. The van der Waals surface area contributed by atoms with E-state index in [1.807, 2.05) is 24.3 Å². The lowest BCUT2D eigenvalue weighted by Gasteiger charge is -2.32. The Hall–Kier alpha value is -2.88. The van der Waals surface area contributed by atoms with Gasteiger partial charge in [0.1, 0.15) is 5.69 Å². The first-order valence-electron chi connectivity index (χ1n) is 7.61. The highest BCUT2D eigenvalue weighted by Crippen LogP contribution is 2.49. The van der Waals surface area contributed by atoms with Crippen LogP contribution in [-0.4, -0.2) is 9.97 Å². The van der Waals surface area contributed by atoms with Gasteiger partial charge in [-0.3, -0.25) is 4.90 Å². The quantitative estimate of drug-likeness (QED) is 0.497. The van der Waals surface area contributed by atoms with Gasteiger partial charge >= 0.3 is 0 Å². The van der Waals surface area contributed by atoms with Crippen molar-refractivity contribution in [3.05, 3.63) is 65.5 Å². The summed E-state index contributed by atoms with van der Waals surface area (Å²) in [6.45, 7) is 6.37. The Kier molecular flexibility index (Phi) is 3.05. The first-order valence-corrected chi connectivity index (χ1v) is 7.61. The van der Waals surface area contributed by atoms with Crippen molar-refractivity contribution in [2.45, 2.75) is 20.8 Å². The number of rotatable bonds is 1. The van der Waals surface area contributed by atoms with E-state index in [-0.39, 0.29) is 0 Å². The van der Waals surface area contributed by atoms with Crippen molar-refractivity contribution in [1.82, 2.24) is 9.97 Å². The Bertz CT molecular complexity index is 836. The van der Waals surface area contributed by atoms with Gasteiger partial charge in [0.2, 0.25) is 5.88 Å². The molecule has 0 spiro atoms. The molecule has 23 heavy (non-hydrogen) atoms. The van der Waals surface area contributed by atoms with Crippen LogP contribution < -0.4 is 9.64 Å². The SMILES string of the molecule is Cc1cc(C)c(N2c3cccnc3Oc3cccnc32)c(C)c1. The number of ether oxygens (including phenoxy) is 1. The second-order valence-electron chi connectivity index (χ2n) is 5.84. The molecule has 0 fully saturated rings. The predicted octanol–water partition coefficient (Wildman–Crippen LogP) is 4.98. The van der Waals surface area contributed by atoms with E-state index >= 15 is 0 Å². The number of aromatic nitrogens is 2. The molecular formula is C19H17N3O. The summed E-state index contributed by atoms with van der Waals surface area (Å²) in [5, 5.41) is 0. The van der Waals surface area contributed by atoms with E-state index in [1.165, 1.54) is 16.7 Å². The molecule has 0 atom stereocenters. The average Bonchev–Trinajstić information content (AvgIpc) is 2.53. The van der Waals surface area contributed by atoms with Gasteiger partial charge in [0.25, 0.3) is 0 Å². The van der Waals surface area contributed by atoms with E-state index in [0.29, 0.717) is 5.88 Å². The Labute approximate surface area is 135 Å². The van der Waals surface area contributed by atoms with Gasteiger partial charge in [-0.2, -0.15) is 0 Å². The third kappa shape index (κ3) is 2.14. The van der Waals surface area contributed by atoms with Crippen LogP contribution >= 0.6 is 0 Å². The second kappa shape index (κ2) is 5.09. The molecule has 3 heterocycles. The van der Waals surface area contributed by atoms with Crippen LogP contribution in [-0.2, 0) is 0 Å². The van der Waals surface area contributed by atoms with Gasteiger partial charge in [-0.25, -0.2) is 9.97 Å². The molecule has 4 heteroatoms. The summed E-state index contributed by atoms with van der Waals surface area (Å²) < 4.78 is 5.92. The molecule has 0 aliphatic carbocycles. The van der Waals surface area contributed by atoms with E-state index in [1.54, 1.807) is 12.4 Å². The summed E-state index contributed by atoms with van der Waals surface area (Å²) in [6.07, 6.45) is 3.53. The number of pyridine rings is 2. The average molecular weight is 303 g/mol. The minimum absolute atomic E-state index is 0.604. The van der Waals surface area contributed by atoms with Crippen molar-refractivity contribution < 1.29 is 4.74 Å². The highest BCUT2D eigenvalue weighted by Gasteiger charge is 2.29. The zero-order valence-corrected chi connectivity index (χ0v) is 13.4. The minimum atomic E-state index is 0.604. The molecular weight excluding hydrogens is 286 g/mol. The minimum Gasteiger partial charge on any atom is -0.433 e. The number of hydrogen-bond acceptors (Lipinski definition) is 4. The molecule has 114 valence electrons. The van der Waals surface area contributed by atoms with Crippen molar-refractivity contribution in [3.63, 3.8) is 0 Å². The highest BCUT2D eigenvalue weighted by molar-refractivity contribution is 5.85. The van der Waals surface area contributed by atoms with Crippen LogP contribution in [0.25, 0.3) is 0 Å². The molecule has 1 aliphatic rings. The van der Waals surface area contributed by atoms with Gasteiger partial charge < -0.3 is 4.74 Å². The maximum absolute atomic E-state index is 5.92. The third-order valence-corrected chi connectivity index (χ3v) is 4.02. The van der Waals surface area contributed by atoms with Crippen molar-refractivity contribution in [2.24, 2.45) is 0 Å². The van der Waals surface area contributed by atoms with Gasteiger partial charge in [-0.1, -0.05) is 17.7 Å². The number of anilines is 3. The zero-order chi connectivity index (χ0) is 16.0. The molecule has 3 aromatic rings. The fourth-order valence-corrected chi connectivity index (χ4v) is 3.23. The maximum Gasteiger partial charge on any atom is 0.243 e. The Balaban J connectivity index is 2.02. The molecule has 0 amide bonds. The third-order valence-electron chi connectivity index (χ3n) is 4.02. The van der Waals surface area contributed by atoms with Crippen LogP contribution in [0.15, 0.2) is 48.8 Å². The van der Waals surface area contributed by atoms with E-state index in [2.05, 4.69) is 47.8 Å². The molecule has 4 rings (SSSR count). The second-order valence-corrected chi connectivity index (χ2v) is 5.84. The van der Waals surface area contributed by atoms with E-state index < -0.39 is 0 Å². The summed E-state index contributed by atoms with van der Waals surface area (Å²) >= 11 is 0. The van der Waals surface area contributed by atoms with Gasteiger partial charge in [-0.15, -0.1) is 0 Å². The topological polar surface area (TPSA) is 38.2 Å². The van der Waals surface area contributed by atoms with Crippen molar-refractivity contribution >= 4 is 17.2 Å². The number of aryl methyl sites for hydroxylation is 3. The number of fused-ring (bicyclic) bond motifs is 2. The molecule has 0 saturated carbocycles. The van der Waals surface area contributed by atoms with Crippen LogP contribution in [0.2, 0.25) is 0 Å². The van der Waals surface area contributed by atoms with Gasteiger partial charge in [0, 0.05) is 12.4 Å². The van der Waals surface area contributed by atoms with Gasteiger partial charge in [0.15, 0.2) is 11.6 Å². The van der Waals surface area contributed by atoms with E-state index in [0.717, 1.165) is 22.9 Å². The number of hydrogen-bond donors (Lipinski definition) is 0. The summed E-state index contributed by atoms with van der Waals surface area (Å²) in [4.78, 5) is 11.1. The van der Waals surface area contributed by atoms with E-state index in [4.69, 9.17) is 4.74 Å². The zero-order valence-electron chi connectivity index (χ0n) is 13.4. The number of benzene rings is 1. The van der Waals surface area contributed by atoms with Crippen LogP contribution in [0.5, 0.6) is 11.6 Å². The maximum atomic E-state index is 5.92. The molecule has 0 radical (unpaired) electrons. The lowest BCUT2D eigenvalue weighted by atomic mass is 10.0. The Morgan fingerprint density at radius 2 is 1.61 bits per heavy atom. The summed E-state index contributed by atoms with van der Waals surface area (Å²) in [5.41, 5.74) is 5.71. The van der Waals surface area contributed by atoms with Crippen LogP contribution in [0, 0.1) is 20.8 Å². The molecule has 0 bridgehead atoms. The molecule has 2 aromatic heterocycles. The van der Waals surface area contributed by atoms with Crippen LogP contribution in [0.1, 0.15) is 16.7 Å². The Morgan fingerprint density at radius 1 is 0.913 bits per heavy atom. The lowest BCUT2D eigenvalue weighted by molar-refractivity contribution is 0.455. The summed E-state index contributed by atoms with van der Waals surface area (Å²) in [6, 6.07) is 12.1. The first-order chi connectivity index (χ1) is 11.1. The van der Waals surface area contributed by atoms with Crippen LogP contribution in [0.3, 0.4) is 0 Å².